The van der Waals surface area contributed by atoms with Gasteiger partial charge in [-0.05, 0) is 34.0 Å². The van der Waals surface area contributed by atoms with Gasteiger partial charge in [-0.15, -0.1) is 21.9 Å². The fourth-order valence-electron chi connectivity index (χ4n) is 10.3. The van der Waals surface area contributed by atoms with E-state index in [-0.39, 0.29) is 0 Å². The van der Waals surface area contributed by atoms with Crippen molar-refractivity contribution in [3.05, 3.63) is 97.1 Å². The van der Waals surface area contributed by atoms with E-state index >= 15 is 0 Å². The molecule has 0 radical (unpaired) electrons. The molecule has 0 saturated carbocycles. The molecule has 0 N–H and O–H groups in total. The minimum atomic E-state index is 0.604. The molecular formula is C45H40B12N4O. The van der Waals surface area contributed by atoms with E-state index < -0.39 is 0 Å². The number of aromatic nitrogens is 4. The van der Waals surface area contributed by atoms with Crippen molar-refractivity contribution in [2.45, 2.75) is 0 Å². The summed E-state index contributed by atoms with van der Waals surface area (Å²) in [6.45, 7) is 0. The van der Waals surface area contributed by atoms with E-state index in [1.165, 1.54) is 98.5 Å². The highest BCUT2D eigenvalue weighted by Gasteiger charge is 2.28. The highest BCUT2D eigenvalue weighted by molar-refractivity contribution is 6.72. The zero-order valence-electron chi connectivity index (χ0n) is 37.9. The molecule has 0 fully saturated rings. The molecule has 10 aromatic rings. The van der Waals surface area contributed by atoms with Crippen LogP contribution in [0.2, 0.25) is 0 Å². The topological polar surface area (TPSA) is 56.7 Å². The molecule has 3 heterocycles. The van der Waals surface area contributed by atoms with E-state index in [1.807, 2.05) is 66.7 Å². The van der Waals surface area contributed by atoms with Gasteiger partial charge in [-0.2, -0.15) is 0 Å². The molecule has 5 nitrogen and oxygen atoms in total. The van der Waals surface area contributed by atoms with Crippen LogP contribution in [0.3, 0.4) is 0 Å². The maximum absolute atomic E-state index is 7.12. The number of furan rings is 1. The molecule has 0 spiro atoms. The summed E-state index contributed by atoms with van der Waals surface area (Å²) in [5, 5.41) is 4.64. The van der Waals surface area contributed by atoms with Crippen molar-refractivity contribution >= 4 is 203 Å². The largest absolute Gasteiger partial charge is 0.454 e. The van der Waals surface area contributed by atoms with Gasteiger partial charge in [0.15, 0.2) is 23.1 Å². The Labute approximate surface area is 373 Å². The summed E-state index contributed by atoms with van der Waals surface area (Å²) in [4.78, 5) is 15.3. The molecular weight excluding hydrogens is 742 g/mol. The zero-order valence-corrected chi connectivity index (χ0v) is 37.9. The first kappa shape index (κ1) is 40.0. The zero-order chi connectivity index (χ0) is 43.5. The summed E-state index contributed by atoms with van der Waals surface area (Å²) in [5.74, 6) is 1.86. The molecule has 17 heteroatoms. The van der Waals surface area contributed by atoms with Crippen molar-refractivity contribution in [3.8, 4) is 51.0 Å². The molecule has 10 rings (SSSR count). The lowest BCUT2D eigenvalue weighted by atomic mass is 9.57. The van der Waals surface area contributed by atoms with Gasteiger partial charge in [-0.1, -0.05) is 129 Å². The van der Waals surface area contributed by atoms with Crippen molar-refractivity contribution in [1.82, 2.24) is 19.5 Å². The van der Waals surface area contributed by atoms with Crippen molar-refractivity contribution in [3.63, 3.8) is 0 Å². The van der Waals surface area contributed by atoms with Crippen LogP contribution in [0.4, 0.5) is 0 Å². The Kier molecular flexibility index (Phi) is 9.55. The second-order valence-electron chi connectivity index (χ2n) is 17.5. The first-order chi connectivity index (χ1) is 29.8. The van der Waals surface area contributed by atoms with Crippen LogP contribution in [0.5, 0.6) is 0 Å². The SMILES string of the molecule is Bc1c(B)c(B)c(-c2c(B)c(B)c3c4c(B)c(B)c(B)c(B)c4n(-c4cccc5c4oc4cccc(-c6nc(-c7ccccc7)nc(-c7ccccc7)n6)c45)c3c2B)c(B)c1B. The molecule has 0 bridgehead atoms. The molecule has 0 amide bonds. The Hall–Kier alpha value is -6.07. The van der Waals surface area contributed by atoms with Gasteiger partial charge in [-0.25, -0.2) is 15.0 Å². The Morgan fingerprint density at radius 2 is 0.823 bits per heavy atom. The minimum absolute atomic E-state index is 0.604. The number of benzene rings is 7. The van der Waals surface area contributed by atoms with E-state index in [0.29, 0.717) is 17.5 Å². The van der Waals surface area contributed by atoms with Crippen molar-refractivity contribution in [2.75, 3.05) is 0 Å². The standard InChI is InChI=1S/C45H40B12N4O/c46-28-25(24-29(47)34(52)37(55)35(53)30(24)48)33(51)40-26(31(28)49)27-32(50)36(54)38(56)39(57)41(27)61(40)21-15-7-13-19-23-20(14-8-16-22(23)62-42(19)21)45-59-43(17-9-3-1-4-10-17)58-44(60-45)18-11-5-2-6-12-18/h1-16H,46-57H2. The fourth-order valence-corrected chi connectivity index (χ4v) is 10.3. The van der Waals surface area contributed by atoms with E-state index in [4.69, 9.17) is 19.4 Å². The number of hydrogen-bond donors (Lipinski definition) is 0. The first-order valence-corrected chi connectivity index (χ1v) is 21.7. The van der Waals surface area contributed by atoms with Gasteiger partial charge >= 0.3 is 0 Å². The minimum Gasteiger partial charge on any atom is -0.454 e. The lowest BCUT2D eigenvalue weighted by Gasteiger charge is -2.25. The number of hydrogen-bond acceptors (Lipinski definition) is 4. The summed E-state index contributed by atoms with van der Waals surface area (Å²) >= 11 is 0. The number of nitrogens with zero attached hydrogens (tertiary/aromatic N) is 4. The molecule has 0 saturated heterocycles. The van der Waals surface area contributed by atoms with E-state index in [0.717, 1.165) is 44.3 Å². The van der Waals surface area contributed by atoms with Gasteiger partial charge < -0.3 is 8.98 Å². The van der Waals surface area contributed by atoms with E-state index in [9.17, 15) is 0 Å². The van der Waals surface area contributed by atoms with E-state index in [2.05, 4.69) is 129 Å². The molecule has 0 aliphatic heterocycles. The third-order valence-electron chi connectivity index (χ3n) is 14.6. The smallest absolute Gasteiger partial charge is 0.164 e. The fraction of sp³-hybridized carbons (Fsp3) is 0. The molecule has 0 unspecified atom stereocenters. The quantitative estimate of drug-likeness (QED) is 0.163. The van der Waals surface area contributed by atoms with Crippen molar-refractivity contribution < 1.29 is 4.42 Å². The molecule has 7 aromatic carbocycles. The Bertz CT molecular complexity index is 3470. The Morgan fingerprint density at radius 1 is 0.371 bits per heavy atom. The predicted octanol–water partition coefficient (Wildman–Crippen LogP) is -9.36. The average molecular weight is 783 g/mol. The highest BCUT2D eigenvalue weighted by Crippen LogP contribution is 2.40. The third-order valence-corrected chi connectivity index (χ3v) is 14.6. The number of rotatable bonds is 5. The molecule has 0 aliphatic carbocycles. The summed E-state index contributed by atoms with van der Waals surface area (Å²) in [5.41, 5.74) is 26.6. The highest BCUT2D eigenvalue weighted by atomic mass is 16.3. The van der Waals surface area contributed by atoms with Crippen molar-refractivity contribution in [2.24, 2.45) is 0 Å². The summed E-state index contributed by atoms with van der Waals surface area (Å²) < 4.78 is 9.66. The van der Waals surface area contributed by atoms with Crippen LogP contribution in [0.25, 0.3) is 94.7 Å². The Balaban J connectivity index is 1.32. The van der Waals surface area contributed by atoms with Gasteiger partial charge in [0.1, 0.15) is 99.7 Å². The molecule has 0 aliphatic rings. The van der Waals surface area contributed by atoms with Gasteiger partial charge in [-0.3, -0.25) is 0 Å². The van der Waals surface area contributed by atoms with Crippen LogP contribution in [0, 0.1) is 0 Å². The van der Waals surface area contributed by atoms with Crippen molar-refractivity contribution in [1.29, 1.82) is 0 Å². The van der Waals surface area contributed by atoms with E-state index in [1.54, 1.807) is 0 Å². The monoisotopic (exact) mass is 784 g/mol. The van der Waals surface area contributed by atoms with Crippen LogP contribution in [0.1, 0.15) is 0 Å². The average Bonchev–Trinajstić information content (AvgIpc) is 3.87. The van der Waals surface area contributed by atoms with Gasteiger partial charge in [0.25, 0.3) is 0 Å². The number of para-hydroxylation sites is 1. The van der Waals surface area contributed by atoms with Crippen LogP contribution in [-0.2, 0) is 0 Å². The maximum Gasteiger partial charge on any atom is 0.164 e. The van der Waals surface area contributed by atoms with Gasteiger partial charge in [0.05, 0.1) is 5.69 Å². The summed E-state index contributed by atoms with van der Waals surface area (Å²) in [6.07, 6.45) is 0. The predicted molar refractivity (Wildman–Crippen MR) is 301 cm³/mol. The molecule has 0 atom stereocenters. The van der Waals surface area contributed by atoms with Gasteiger partial charge in [0.2, 0.25) is 0 Å². The second kappa shape index (κ2) is 14.8. The third kappa shape index (κ3) is 5.76. The summed E-state index contributed by atoms with van der Waals surface area (Å²) in [7, 11) is 27.6. The lowest BCUT2D eigenvalue weighted by Crippen LogP contribution is -2.56. The first-order valence-electron chi connectivity index (χ1n) is 21.7. The van der Waals surface area contributed by atoms with Gasteiger partial charge in [0, 0.05) is 38.5 Å². The van der Waals surface area contributed by atoms with Crippen LogP contribution in [0.15, 0.2) is 101 Å². The maximum atomic E-state index is 7.12. The molecule has 282 valence electrons. The normalized spacial score (nSPS) is 11.7. The van der Waals surface area contributed by atoms with Crippen LogP contribution >= 0.6 is 0 Å². The van der Waals surface area contributed by atoms with Crippen LogP contribution < -0.4 is 65.6 Å². The summed E-state index contributed by atoms with van der Waals surface area (Å²) in [6, 6.07) is 33.1. The second-order valence-corrected chi connectivity index (χ2v) is 17.5. The molecule has 3 aromatic heterocycles. The Morgan fingerprint density at radius 3 is 1.42 bits per heavy atom. The molecule has 62 heavy (non-hydrogen) atoms. The van der Waals surface area contributed by atoms with Crippen LogP contribution in [-0.4, -0.2) is 114 Å². The number of fused-ring (bicyclic) bond motifs is 6. The lowest BCUT2D eigenvalue weighted by molar-refractivity contribution is 0.666.